The molecule has 34 heavy (non-hydrogen) atoms. The highest BCUT2D eigenvalue weighted by Crippen LogP contribution is 2.62. The zero-order valence-corrected chi connectivity index (χ0v) is 19.0. The van der Waals surface area contributed by atoms with Crippen molar-refractivity contribution in [2.45, 2.75) is 31.3 Å². The van der Waals surface area contributed by atoms with Crippen LogP contribution in [-0.4, -0.2) is 41.8 Å². The predicted molar refractivity (Wildman–Crippen MR) is 129 cm³/mol. The summed E-state index contributed by atoms with van der Waals surface area (Å²) < 4.78 is 0. The van der Waals surface area contributed by atoms with Gasteiger partial charge < -0.3 is 4.90 Å². The number of anilines is 2. The van der Waals surface area contributed by atoms with E-state index in [4.69, 9.17) is 0 Å². The molecule has 4 aliphatic heterocycles. The minimum Gasteiger partial charge on any atom is -0.310 e. The summed E-state index contributed by atoms with van der Waals surface area (Å²) in [7, 11) is 0. The van der Waals surface area contributed by atoms with Gasteiger partial charge in [-0.25, -0.2) is 4.90 Å². The molecule has 4 heterocycles. The van der Waals surface area contributed by atoms with E-state index in [0.717, 1.165) is 41.4 Å². The van der Waals surface area contributed by atoms with Gasteiger partial charge in [-0.05, 0) is 43.8 Å². The molecule has 0 aliphatic carbocycles. The Morgan fingerprint density at radius 2 is 1.62 bits per heavy atom. The molecular weight excluding hydrogens is 426 g/mol. The Kier molecular flexibility index (Phi) is 3.96. The van der Waals surface area contributed by atoms with Crippen molar-refractivity contribution in [2.24, 2.45) is 11.8 Å². The quantitative estimate of drug-likeness (QED) is 0.558. The summed E-state index contributed by atoms with van der Waals surface area (Å²) >= 11 is 0. The zero-order chi connectivity index (χ0) is 23.2. The highest BCUT2D eigenvalue weighted by atomic mass is 16.2. The average Bonchev–Trinajstić information content (AvgIpc) is 3.56. The van der Waals surface area contributed by atoms with Crippen molar-refractivity contribution in [3.63, 3.8) is 0 Å². The molecule has 3 amide bonds. The Bertz CT molecular complexity index is 1400. The maximum atomic E-state index is 14.3. The van der Waals surface area contributed by atoms with Gasteiger partial charge in [-0.3, -0.25) is 19.3 Å². The smallest absolute Gasteiger partial charge is 0.253 e. The number of amides is 3. The lowest BCUT2D eigenvalue weighted by atomic mass is 9.75. The minimum atomic E-state index is -1.11. The van der Waals surface area contributed by atoms with Crippen LogP contribution in [-0.2, 0) is 19.9 Å². The molecule has 0 bridgehead atoms. The Balaban J connectivity index is 1.46. The standard InChI is InChI=1S/C28H25N3O3/c1-2-29-21-13-6-5-12-19(21)28(27(29)34)24-23(22-15-8-16-30(22)28)25(32)31(26(24)33)20-14-7-10-17-9-3-4-11-18(17)20/h3-7,9-14,22-24H,2,8,15-16H2,1H3. The highest BCUT2D eigenvalue weighted by Gasteiger charge is 2.75. The predicted octanol–water partition coefficient (Wildman–Crippen LogP) is 3.69. The van der Waals surface area contributed by atoms with Gasteiger partial charge in [0.25, 0.3) is 5.91 Å². The van der Waals surface area contributed by atoms with Crippen LogP contribution in [0.3, 0.4) is 0 Å². The monoisotopic (exact) mass is 451 g/mol. The number of carbonyl (C=O) groups excluding carboxylic acids is 3. The molecule has 170 valence electrons. The first-order valence-corrected chi connectivity index (χ1v) is 12.1. The number of likely N-dealkylation sites (N-methyl/N-ethyl adjacent to an activating group) is 1. The third-order valence-corrected chi connectivity index (χ3v) is 8.47. The maximum absolute atomic E-state index is 14.3. The Morgan fingerprint density at radius 3 is 2.47 bits per heavy atom. The van der Waals surface area contributed by atoms with Crippen LogP contribution in [0.2, 0.25) is 0 Å². The molecule has 0 saturated carbocycles. The van der Waals surface area contributed by atoms with Crippen molar-refractivity contribution < 1.29 is 14.4 Å². The van der Waals surface area contributed by atoms with Crippen LogP contribution in [0.25, 0.3) is 10.8 Å². The molecule has 6 heteroatoms. The van der Waals surface area contributed by atoms with Gasteiger partial charge in [-0.1, -0.05) is 54.6 Å². The molecule has 4 aliphatic rings. The molecule has 0 radical (unpaired) electrons. The van der Waals surface area contributed by atoms with Gasteiger partial charge in [-0.15, -0.1) is 0 Å². The molecule has 0 N–H and O–H groups in total. The molecule has 4 unspecified atom stereocenters. The van der Waals surface area contributed by atoms with Crippen molar-refractivity contribution in [2.75, 3.05) is 22.9 Å². The number of benzene rings is 3. The van der Waals surface area contributed by atoms with E-state index < -0.39 is 17.4 Å². The number of hydrogen-bond acceptors (Lipinski definition) is 4. The molecule has 3 aromatic rings. The summed E-state index contributed by atoms with van der Waals surface area (Å²) in [5.74, 6) is -1.70. The lowest BCUT2D eigenvalue weighted by Gasteiger charge is -2.37. The molecule has 6 nitrogen and oxygen atoms in total. The van der Waals surface area contributed by atoms with Gasteiger partial charge in [0, 0.05) is 29.2 Å². The van der Waals surface area contributed by atoms with Gasteiger partial charge >= 0.3 is 0 Å². The summed E-state index contributed by atoms with van der Waals surface area (Å²) in [4.78, 5) is 47.9. The first kappa shape index (κ1) is 19.9. The van der Waals surface area contributed by atoms with Crippen molar-refractivity contribution >= 4 is 39.9 Å². The second kappa shape index (κ2) is 6.76. The average molecular weight is 452 g/mol. The topological polar surface area (TPSA) is 60.9 Å². The highest BCUT2D eigenvalue weighted by molar-refractivity contribution is 6.28. The van der Waals surface area contributed by atoms with Crippen LogP contribution in [0.5, 0.6) is 0 Å². The number of imide groups is 1. The zero-order valence-electron chi connectivity index (χ0n) is 19.0. The Hall–Kier alpha value is -3.51. The lowest BCUT2D eigenvalue weighted by molar-refractivity contribution is -0.137. The van der Waals surface area contributed by atoms with Crippen molar-refractivity contribution in [1.29, 1.82) is 0 Å². The number of para-hydroxylation sites is 1. The second-order valence-electron chi connectivity index (χ2n) is 9.75. The van der Waals surface area contributed by atoms with Crippen molar-refractivity contribution in [1.82, 2.24) is 4.90 Å². The maximum Gasteiger partial charge on any atom is 0.253 e. The van der Waals surface area contributed by atoms with Gasteiger partial charge in [-0.2, -0.15) is 0 Å². The second-order valence-corrected chi connectivity index (χ2v) is 9.75. The van der Waals surface area contributed by atoms with Crippen molar-refractivity contribution in [3.8, 4) is 0 Å². The molecule has 4 atom stereocenters. The van der Waals surface area contributed by atoms with E-state index >= 15 is 0 Å². The van der Waals surface area contributed by atoms with E-state index in [1.165, 1.54) is 4.90 Å². The summed E-state index contributed by atoms with van der Waals surface area (Å²) in [5.41, 5.74) is 1.26. The van der Waals surface area contributed by atoms with Crippen LogP contribution in [0.15, 0.2) is 66.7 Å². The van der Waals surface area contributed by atoms with Gasteiger partial charge in [0.15, 0.2) is 0 Å². The van der Waals surface area contributed by atoms with Gasteiger partial charge in [0.2, 0.25) is 11.8 Å². The molecule has 3 fully saturated rings. The fourth-order valence-corrected chi connectivity index (χ4v) is 7.30. The SMILES string of the molecule is CCN1C(=O)C2(c3ccccc31)C1C(=O)N(c3cccc4ccccc34)C(=O)C1C1CCCN12. The van der Waals surface area contributed by atoms with E-state index in [9.17, 15) is 14.4 Å². The number of carbonyl (C=O) groups is 3. The molecule has 7 rings (SSSR count). The van der Waals surface area contributed by atoms with E-state index in [1.54, 1.807) is 4.90 Å². The third kappa shape index (κ3) is 2.13. The largest absolute Gasteiger partial charge is 0.310 e. The summed E-state index contributed by atoms with van der Waals surface area (Å²) in [6, 6.07) is 21.3. The van der Waals surface area contributed by atoms with Crippen LogP contribution < -0.4 is 9.80 Å². The molecule has 3 saturated heterocycles. The van der Waals surface area contributed by atoms with E-state index in [1.807, 2.05) is 73.7 Å². The summed E-state index contributed by atoms with van der Waals surface area (Å²) in [5, 5.41) is 1.85. The first-order valence-electron chi connectivity index (χ1n) is 12.1. The number of nitrogens with zero attached hydrogens (tertiary/aromatic N) is 3. The molecular formula is C28H25N3O3. The first-order chi connectivity index (χ1) is 16.6. The fourth-order valence-electron chi connectivity index (χ4n) is 7.30. The molecule has 3 aromatic carbocycles. The van der Waals surface area contributed by atoms with Crippen LogP contribution in [0.4, 0.5) is 11.4 Å². The van der Waals surface area contributed by atoms with E-state index in [-0.39, 0.29) is 23.8 Å². The van der Waals surface area contributed by atoms with Gasteiger partial charge in [0.05, 0.1) is 17.5 Å². The van der Waals surface area contributed by atoms with Crippen LogP contribution in [0, 0.1) is 11.8 Å². The van der Waals surface area contributed by atoms with Crippen LogP contribution in [0.1, 0.15) is 25.3 Å². The van der Waals surface area contributed by atoms with Crippen molar-refractivity contribution in [3.05, 3.63) is 72.3 Å². The third-order valence-electron chi connectivity index (χ3n) is 8.47. The number of rotatable bonds is 2. The Labute approximate surface area is 197 Å². The molecule has 0 aromatic heterocycles. The molecule has 1 spiro atoms. The van der Waals surface area contributed by atoms with Crippen LogP contribution >= 0.6 is 0 Å². The van der Waals surface area contributed by atoms with Gasteiger partial charge in [0.1, 0.15) is 5.54 Å². The fraction of sp³-hybridized carbons (Fsp3) is 0.321. The number of fused-ring (bicyclic) bond motifs is 8. The normalized spacial score (nSPS) is 30.0. The summed E-state index contributed by atoms with van der Waals surface area (Å²) in [6.45, 7) is 3.22. The Morgan fingerprint density at radius 1 is 0.882 bits per heavy atom. The minimum absolute atomic E-state index is 0.0588. The van der Waals surface area contributed by atoms with E-state index in [2.05, 4.69) is 4.90 Å². The number of hydrogen-bond donors (Lipinski definition) is 0. The summed E-state index contributed by atoms with van der Waals surface area (Å²) in [6.07, 6.45) is 1.75. The van der Waals surface area contributed by atoms with E-state index in [0.29, 0.717) is 12.2 Å². The lowest BCUT2D eigenvalue weighted by Crippen LogP contribution is -2.56.